The fraction of sp³-hybridized carbons (Fsp3) is 0.364. The van der Waals surface area contributed by atoms with E-state index in [0.29, 0.717) is 5.56 Å². The molecule has 0 bridgehead atoms. The van der Waals surface area contributed by atoms with E-state index in [-0.39, 0.29) is 12.2 Å². The Morgan fingerprint density at radius 1 is 1.31 bits per heavy atom. The van der Waals surface area contributed by atoms with E-state index in [1.54, 1.807) is 6.92 Å². The Bertz CT molecular complexity index is 352. The second-order valence-electron chi connectivity index (χ2n) is 3.08. The Hall–Kier alpha value is -1.16. The molecule has 0 radical (unpaired) electrons. The normalized spacial score (nSPS) is 12.6. The number of hydrogen-bond donors (Lipinski definition) is 0. The first-order chi connectivity index (χ1) is 7.56. The van der Waals surface area contributed by atoms with Gasteiger partial charge in [-0.1, -0.05) is 24.3 Å². The molecule has 1 unspecified atom stereocenters. The monoisotopic (exact) mass is 248 g/mol. The fourth-order valence-electron chi connectivity index (χ4n) is 1.16. The van der Waals surface area contributed by atoms with Gasteiger partial charge in [0.15, 0.2) is 5.38 Å². The SMILES string of the molecule is CCOC(=O)C(Cl)c1ccc(C(F)F)cc1. The van der Waals surface area contributed by atoms with E-state index >= 15 is 0 Å². The van der Waals surface area contributed by atoms with Crippen molar-refractivity contribution in [2.45, 2.75) is 18.7 Å². The number of hydrogen-bond acceptors (Lipinski definition) is 2. The molecule has 2 nitrogen and oxygen atoms in total. The molecule has 0 heterocycles. The van der Waals surface area contributed by atoms with Gasteiger partial charge in [0.05, 0.1) is 6.61 Å². The third-order valence-corrected chi connectivity index (χ3v) is 2.40. The van der Waals surface area contributed by atoms with Crippen LogP contribution in [0.15, 0.2) is 24.3 Å². The van der Waals surface area contributed by atoms with Gasteiger partial charge in [-0.3, -0.25) is 4.79 Å². The molecule has 0 saturated heterocycles. The summed E-state index contributed by atoms with van der Waals surface area (Å²) in [6, 6.07) is 5.29. The van der Waals surface area contributed by atoms with Crippen LogP contribution in [0.4, 0.5) is 8.78 Å². The second kappa shape index (κ2) is 5.80. The Kier molecular flexibility index (Phi) is 4.68. The van der Waals surface area contributed by atoms with E-state index in [1.165, 1.54) is 24.3 Å². The third-order valence-electron chi connectivity index (χ3n) is 1.97. The number of halogens is 3. The van der Waals surface area contributed by atoms with Crippen molar-refractivity contribution in [1.29, 1.82) is 0 Å². The summed E-state index contributed by atoms with van der Waals surface area (Å²) in [5.74, 6) is -0.575. The van der Waals surface area contributed by atoms with Gasteiger partial charge >= 0.3 is 5.97 Å². The molecule has 0 N–H and O–H groups in total. The van der Waals surface area contributed by atoms with Crippen LogP contribution in [0, 0.1) is 0 Å². The molecule has 0 aromatic heterocycles. The first-order valence-corrected chi connectivity index (χ1v) is 5.18. The molecule has 0 aliphatic rings. The number of carbonyl (C=O) groups excluding carboxylic acids is 1. The lowest BCUT2D eigenvalue weighted by atomic mass is 10.1. The van der Waals surface area contributed by atoms with E-state index in [2.05, 4.69) is 0 Å². The van der Waals surface area contributed by atoms with Crippen LogP contribution in [0.3, 0.4) is 0 Å². The molecule has 1 atom stereocenters. The molecule has 1 aromatic rings. The van der Waals surface area contributed by atoms with Gasteiger partial charge < -0.3 is 4.74 Å². The highest BCUT2D eigenvalue weighted by molar-refractivity contribution is 6.29. The third kappa shape index (κ3) is 3.17. The van der Waals surface area contributed by atoms with Crippen molar-refractivity contribution in [3.8, 4) is 0 Å². The summed E-state index contributed by atoms with van der Waals surface area (Å²) in [7, 11) is 0. The largest absolute Gasteiger partial charge is 0.465 e. The Morgan fingerprint density at radius 3 is 2.25 bits per heavy atom. The number of esters is 1. The molecule has 1 aromatic carbocycles. The fourth-order valence-corrected chi connectivity index (χ4v) is 1.37. The van der Waals surface area contributed by atoms with Gasteiger partial charge in [-0.2, -0.15) is 0 Å². The lowest BCUT2D eigenvalue weighted by Crippen LogP contribution is -2.11. The summed E-state index contributed by atoms with van der Waals surface area (Å²) in [5.41, 5.74) is 0.348. The van der Waals surface area contributed by atoms with E-state index in [0.717, 1.165) is 0 Å². The van der Waals surface area contributed by atoms with Gasteiger partial charge in [-0.05, 0) is 12.5 Å². The highest BCUT2D eigenvalue weighted by Gasteiger charge is 2.19. The highest BCUT2D eigenvalue weighted by Crippen LogP contribution is 2.25. The number of carbonyl (C=O) groups is 1. The summed E-state index contributed by atoms with van der Waals surface area (Å²) >= 11 is 5.81. The lowest BCUT2D eigenvalue weighted by molar-refractivity contribution is -0.142. The van der Waals surface area contributed by atoms with Gasteiger partial charge in [0, 0.05) is 5.56 Å². The van der Waals surface area contributed by atoms with Crippen LogP contribution in [-0.2, 0) is 9.53 Å². The Balaban J connectivity index is 2.77. The summed E-state index contributed by atoms with van der Waals surface area (Å²) in [6.45, 7) is 1.90. The van der Waals surface area contributed by atoms with Crippen molar-refractivity contribution in [2.75, 3.05) is 6.61 Å². The van der Waals surface area contributed by atoms with Gasteiger partial charge in [0.1, 0.15) is 0 Å². The zero-order valence-electron chi connectivity index (χ0n) is 8.62. The van der Waals surface area contributed by atoms with E-state index < -0.39 is 17.8 Å². The highest BCUT2D eigenvalue weighted by atomic mass is 35.5. The van der Waals surface area contributed by atoms with E-state index in [4.69, 9.17) is 16.3 Å². The van der Waals surface area contributed by atoms with Crippen molar-refractivity contribution in [3.63, 3.8) is 0 Å². The molecule has 0 amide bonds. The van der Waals surface area contributed by atoms with Crippen LogP contribution in [-0.4, -0.2) is 12.6 Å². The Morgan fingerprint density at radius 2 is 1.81 bits per heavy atom. The minimum atomic E-state index is -2.52. The second-order valence-corrected chi connectivity index (χ2v) is 3.52. The average molecular weight is 249 g/mol. The minimum Gasteiger partial charge on any atom is -0.465 e. The smallest absolute Gasteiger partial charge is 0.328 e. The average Bonchev–Trinajstić information content (AvgIpc) is 2.28. The number of benzene rings is 1. The minimum absolute atomic E-state index is 0.100. The van der Waals surface area contributed by atoms with Crippen LogP contribution in [0.2, 0.25) is 0 Å². The quantitative estimate of drug-likeness (QED) is 0.602. The van der Waals surface area contributed by atoms with Crippen molar-refractivity contribution in [3.05, 3.63) is 35.4 Å². The molecule has 0 spiro atoms. The summed E-state index contributed by atoms with van der Waals surface area (Å²) in [5, 5.41) is -0.952. The summed E-state index contributed by atoms with van der Waals surface area (Å²) < 4.78 is 29.2. The summed E-state index contributed by atoms with van der Waals surface area (Å²) in [6.07, 6.45) is -2.52. The van der Waals surface area contributed by atoms with Crippen LogP contribution in [0.25, 0.3) is 0 Å². The summed E-state index contributed by atoms with van der Waals surface area (Å²) in [4.78, 5) is 11.3. The number of alkyl halides is 3. The maximum Gasteiger partial charge on any atom is 0.328 e. The standard InChI is InChI=1S/C11H11ClF2O2/c1-2-16-11(15)9(12)7-3-5-8(6-4-7)10(13)14/h3-6,9-10H,2H2,1H3. The van der Waals surface area contributed by atoms with Crippen molar-refractivity contribution in [2.24, 2.45) is 0 Å². The van der Waals surface area contributed by atoms with Crippen molar-refractivity contribution >= 4 is 17.6 Å². The van der Waals surface area contributed by atoms with Crippen molar-refractivity contribution < 1.29 is 18.3 Å². The lowest BCUT2D eigenvalue weighted by Gasteiger charge is -2.09. The van der Waals surface area contributed by atoms with Gasteiger partial charge in [0.2, 0.25) is 0 Å². The van der Waals surface area contributed by atoms with Gasteiger partial charge in [-0.15, -0.1) is 11.6 Å². The van der Waals surface area contributed by atoms with Crippen LogP contribution in [0.1, 0.15) is 29.9 Å². The number of rotatable bonds is 4. The first kappa shape index (κ1) is 12.9. The topological polar surface area (TPSA) is 26.3 Å². The van der Waals surface area contributed by atoms with E-state index in [1.807, 2.05) is 0 Å². The van der Waals surface area contributed by atoms with Crippen molar-refractivity contribution in [1.82, 2.24) is 0 Å². The predicted molar refractivity (Wildman–Crippen MR) is 56.6 cm³/mol. The maximum atomic E-state index is 12.3. The molecule has 0 saturated carbocycles. The van der Waals surface area contributed by atoms with Crippen LogP contribution >= 0.6 is 11.6 Å². The molecule has 0 aliphatic heterocycles. The zero-order valence-corrected chi connectivity index (χ0v) is 9.38. The van der Waals surface area contributed by atoms with Gasteiger partial charge in [0.25, 0.3) is 6.43 Å². The predicted octanol–water partition coefficient (Wildman–Crippen LogP) is 3.47. The first-order valence-electron chi connectivity index (χ1n) is 4.75. The molecule has 0 fully saturated rings. The zero-order chi connectivity index (χ0) is 12.1. The molecule has 5 heteroatoms. The maximum absolute atomic E-state index is 12.3. The molecule has 16 heavy (non-hydrogen) atoms. The van der Waals surface area contributed by atoms with E-state index in [9.17, 15) is 13.6 Å². The molecular weight excluding hydrogens is 238 g/mol. The number of ether oxygens (including phenoxy) is 1. The van der Waals surface area contributed by atoms with Crippen LogP contribution < -0.4 is 0 Å². The van der Waals surface area contributed by atoms with Crippen LogP contribution in [0.5, 0.6) is 0 Å². The molecular formula is C11H11ClF2O2. The molecule has 0 aliphatic carbocycles. The Labute approximate surface area is 97.2 Å². The molecule has 1 rings (SSSR count). The molecule has 88 valence electrons. The van der Waals surface area contributed by atoms with Gasteiger partial charge in [-0.25, -0.2) is 8.78 Å².